The van der Waals surface area contributed by atoms with Gasteiger partial charge in [0.15, 0.2) is 0 Å². The van der Waals surface area contributed by atoms with Crippen molar-refractivity contribution < 1.29 is 4.79 Å². The average molecular weight is 356 g/mol. The third-order valence-corrected chi connectivity index (χ3v) is 4.39. The Balaban J connectivity index is 2.01. The van der Waals surface area contributed by atoms with Crippen molar-refractivity contribution in [1.29, 1.82) is 0 Å². The number of benzene rings is 1. The molecule has 3 aromatic rings. The van der Waals surface area contributed by atoms with Crippen molar-refractivity contribution in [3.8, 4) is 11.3 Å². The predicted molar refractivity (Wildman–Crippen MR) is 102 cm³/mol. The summed E-state index contributed by atoms with van der Waals surface area (Å²) in [6.07, 6.45) is 2.53. The number of amides is 1. The van der Waals surface area contributed by atoms with Gasteiger partial charge < -0.3 is 9.30 Å². The highest BCUT2D eigenvalue weighted by Gasteiger charge is 2.18. The number of aromatic nitrogens is 2. The fourth-order valence-electron chi connectivity index (χ4n) is 2.85. The number of imidazole rings is 1. The van der Waals surface area contributed by atoms with Crippen molar-refractivity contribution in [2.24, 2.45) is 5.92 Å². The molecule has 0 saturated carbocycles. The van der Waals surface area contributed by atoms with Gasteiger partial charge in [-0.05, 0) is 30.2 Å². The van der Waals surface area contributed by atoms with E-state index in [1.807, 2.05) is 60.1 Å². The molecular formula is C20H22ClN3O. The summed E-state index contributed by atoms with van der Waals surface area (Å²) in [6, 6.07) is 13.5. The maximum Gasteiger partial charge on any atom is 0.222 e. The van der Waals surface area contributed by atoms with Crippen LogP contribution in [0.25, 0.3) is 16.9 Å². The van der Waals surface area contributed by atoms with E-state index in [-0.39, 0.29) is 5.91 Å². The molecule has 0 aliphatic rings. The molecule has 0 aliphatic heterocycles. The lowest BCUT2D eigenvalue weighted by Crippen LogP contribution is -2.27. The molecule has 5 heteroatoms. The molecule has 0 aliphatic carbocycles. The Bertz CT molecular complexity index is 884. The summed E-state index contributed by atoms with van der Waals surface area (Å²) in [5, 5.41) is 0.693. The Morgan fingerprint density at radius 2 is 1.92 bits per heavy atom. The van der Waals surface area contributed by atoms with Crippen molar-refractivity contribution in [2.45, 2.75) is 26.8 Å². The van der Waals surface area contributed by atoms with Crippen LogP contribution in [0.2, 0.25) is 5.02 Å². The third-order valence-electron chi connectivity index (χ3n) is 4.14. The van der Waals surface area contributed by atoms with Crippen molar-refractivity contribution in [2.75, 3.05) is 7.05 Å². The van der Waals surface area contributed by atoms with Gasteiger partial charge in [-0.25, -0.2) is 4.98 Å². The highest BCUT2D eigenvalue weighted by atomic mass is 35.5. The second-order valence-electron chi connectivity index (χ2n) is 6.69. The largest absolute Gasteiger partial charge is 0.340 e. The van der Waals surface area contributed by atoms with Gasteiger partial charge in [-0.15, -0.1) is 0 Å². The number of rotatable bonds is 5. The molecular weight excluding hydrogens is 334 g/mol. The van der Waals surface area contributed by atoms with Crippen LogP contribution in [-0.2, 0) is 11.3 Å². The highest BCUT2D eigenvalue weighted by Crippen LogP contribution is 2.27. The van der Waals surface area contributed by atoms with Crippen LogP contribution in [0.1, 0.15) is 26.0 Å². The summed E-state index contributed by atoms with van der Waals surface area (Å²) >= 11 is 6.01. The van der Waals surface area contributed by atoms with Crippen LogP contribution in [0.4, 0.5) is 0 Å². The van der Waals surface area contributed by atoms with Crippen LogP contribution in [0.5, 0.6) is 0 Å². The number of fused-ring (bicyclic) bond motifs is 1. The molecule has 2 aromatic heterocycles. The van der Waals surface area contributed by atoms with Crippen LogP contribution in [-0.4, -0.2) is 27.2 Å². The summed E-state index contributed by atoms with van der Waals surface area (Å²) in [5.74, 6) is 0.482. The number of pyridine rings is 1. The lowest BCUT2D eigenvalue weighted by Gasteiger charge is -2.19. The Kier molecular flexibility index (Phi) is 5.09. The molecule has 0 spiro atoms. The topological polar surface area (TPSA) is 37.6 Å². The lowest BCUT2D eigenvalue weighted by molar-refractivity contribution is -0.131. The number of hydrogen-bond donors (Lipinski definition) is 0. The quantitative estimate of drug-likeness (QED) is 0.667. The van der Waals surface area contributed by atoms with E-state index in [9.17, 15) is 4.79 Å². The van der Waals surface area contributed by atoms with E-state index in [0.29, 0.717) is 23.9 Å². The Hall–Kier alpha value is -2.33. The standard InChI is InChI=1S/C20H22ClN3O/c1-14(2)12-19(25)23(3)13-17-20(15-7-9-16(21)10-8-15)22-18-6-4-5-11-24(17)18/h4-11,14H,12-13H2,1-3H3. The van der Waals surface area contributed by atoms with Gasteiger partial charge in [0.05, 0.1) is 17.9 Å². The molecule has 4 nitrogen and oxygen atoms in total. The molecule has 0 unspecified atom stereocenters. The van der Waals surface area contributed by atoms with Gasteiger partial charge in [0.1, 0.15) is 5.65 Å². The number of hydrogen-bond acceptors (Lipinski definition) is 2. The molecule has 25 heavy (non-hydrogen) atoms. The van der Waals surface area contributed by atoms with E-state index in [0.717, 1.165) is 22.6 Å². The zero-order chi connectivity index (χ0) is 18.0. The van der Waals surface area contributed by atoms with Crippen molar-refractivity contribution in [3.05, 3.63) is 59.4 Å². The number of nitrogens with zero attached hydrogens (tertiary/aromatic N) is 3. The van der Waals surface area contributed by atoms with Crippen LogP contribution < -0.4 is 0 Å². The summed E-state index contributed by atoms with van der Waals surface area (Å²) in [6.45, 7) is 4.62. The smallest absolute Gasteiger partial charge is 0.222 e. The van der Waals surface area contributed by atoms with Crippen molar-refractivity contribution >= 4 is 23.2 Å². The van der Waals surface area contributed by atoms with E-state index in [1.54, 1.807) is 4.90 Å². The number of carbonyl (C=O) groups excluding carboxylic acids is 1. The van der Waals surface area contributed by atoms with E-state index in [2.05, 4.69) is 13.8 Å². The summed E-state index contributed by atoms with van der Waals surface area (Å²) in [7, 11) is 1.85. The zero-order valence-electron chi connectivity index (χ0n) is 14.7. The maximum atomic E-state index is 12.4. The Morgan fingerprint density at radius 1 is 1.20 bits per heavy atom. The van der Waals surface area contributed by atoms with E-state index in [1.165, 1.54) is 0 Å². The zero-order valence-corrected chi connectivity index (χ0v) is 15.5. The second-order valence-corrected chi connectivity index (χ2v) is 7.13. The highest BCUT2D eigenvalue weighted by molar-refractivity contribution is 6.30. The van der Waals surface area contributed by atoms with Gasteiger partial charge in [-0.2, -0.15) is 0 Å². The Labute approximate surface area is 153 Å². The van der Waals surface area contributed by atoms with E-state index >= 15 is 0 Å². The average Bonchev–Trinajstić information content (AvgIpc) is 2.93. The fourth-order valence-corrected chi connectivity index (χ4v) is 2.98. The minimum atomic E-state index is 0.142. The van der Waals surface area contributed by atoms with Gasteiger partial charge in [0.2, 0.25) is 5.91 Å². The van der Waals surface area contributed by atoms with Gasteiger partial charge >= 0.3 is 0 Å². The Morgan fingerprint density at radius 3 is 2.60 bits per heavy atom. The molecule has 2 heterocycles. The van der Waals surface area contributed by atoms with Crippen LogP contribution in [0, 0.1) is 5.92 Å². The number of carbonyl (C=O) groups is 1. The monoisotopic (exact) mass is 355 g/mol. The molecule has 0 radical (unpaired) electrons. The first-order chi connectivity index (χ1) is 12.0. The van der Waals surface area contributed by atoms with E-state index in [4.69, 9.17) is 16.6 Å². The summed E-state index contributed by atoms with van der Waals surface area (Å²) in [4.78, 5) is 18.9. The minimum Gasteiger partial charge on any atom is -0.340 e. The summed E-state index contributed by atoms with van der Waals surface area (Å²) in [5.41, 5.74) is 3.74. The molecule has 0 bridgehead atoms. The number of halogens is 1. The molecule has 1 aromatic carbocycles. The first kappa shape index (κ1) is 17.5. The molecule has 1 amide bonds. The third kappa shape index (κ3) is 3.85. The molecule has 0 atom stereocenters. The van der Waals surface area contributed by atoms with Gasteiger partial charge in [-0.1, -0.05) is 43.6 Å². The van der Waals surface area contributed by atoms with Gasteiger partial charge in [-0.3, -0.25) is 4.79 Å². The molecule has 3 rings (SSSR count). The van der Waals surface area contributed by atoms with Crippen molar-refractivity contribution in [1.82, 2.24) is 14.3 Å². The van der Waals surface area contributed by atoms with Crippen LogP contribution in [0.15, 0.2) is 48.7 Å². The van der Waals surface area contributed by atoms with Gasteiger partial charge in [0.25, 0.3) is 0 Å². The normalized spacial score (nSPS) is 11.2. The fraction of sp³-hybridized carbons (Fsp3) is 0.300. The molecule has 130 valence electrons. The molecule has 0 fully saturated rings. The van der Waals surface area contributed by atoms with Crippen molar-refractivity contribution in [3.63, 3.8) is 0 Å². The minimum absolute atomic E-state index is 0.142. The van der Waals surface area contributed by atoms with E-state index < -0.39 is 0 Å². The SMILES string of the molecule is CC(C)CC(=O)N(C)Cc1c(-c2ccc(Cl)cc2)nc2ccccn12. The summed E-state index contributed by atoms with van der Waals surface area (Å²) < 4.78 is 2.04. The first-order valence-electron chi connectivity index (χ1n) is 8.41. The second kappa shape index (κ2) is 7.28. The molecule has 0 N–H and O–H groups in total. The van der Waals surface area contributed by atoms with Gasteiger partial charge in [0, 0.05) is 30.3 Å². The van der Waals surface area contributed by atoms with Crippen LogP contribution >= 0.6 is 11.6 Å². The molecule has 0 saturated heterocycles. The lowest BCUT2D eigenvalue weighted by atomic mass is 10.1. The predicted octanol–water partition coefficient (Wildman–Crippen LogP) is 4.66. The van der Waals surface area contributed by atoms with Crippen LogP contribution in [0.3, 0.4) is 0 Å². The first-order valence-corrected chi connectivity index (χ1v) is 8.79. The maximum absolute atomic E-state index is 12.4.